The van der Waals surface area contributed by atoms with Crippen LogP contribution in [0.2, 0.25) is 0 Å². The van der Waals surface area contributed by atoms with Gasteiger partial charge in [-0.15, -0.1) is 0 Å². The van der Waals surface area contributed by atoms with Gasteiger partial charge >= 0.3 is 6.61 Å². The van der Waals surface area contributed by atoms with E-state index in [1.165, 1.54) is 12.1 Å². The van der Waals surface area contributed by atoms with Crippen molar-refractivity contribution in [1.82, 2.24) is 9.29 Å². The molecule has 8 heteroatoms. The topological polar surface area (TPSA) is 63.4 Å². The smallest absolute Gasteiger partial charge is 0.387 e. The van der Waals surface area contributed by atoms with Crippen molar-refractivity contribution in [3.8, 4) is 5.75 Å². The van der Waals surface area contributed by atoms with Gasteiger partial charge in [-0.3, -0.25) is 0 Å². The van der Waals surface area contributed by atoms with Crippen molar-refractivity contribution in [2.45, 2.75) is 13.2 Å². The van der Waals surface area contributed by atoms with Crippen molar-refractivity contribution >= 4 is 28.4 Å². The molecular weight excluding hydrogens is 406 g/mol. The van der Waals surface area contributed by atoms with Crippen LogP contribution in [0.1, 0.15) is 11.1 Å². The molecule has 0 radical (unpaired) electrons. The summed E-state index contributed by atoms with van der Waals surface area (Å²) in [6, 6.07) is 20.4. The van der Waals surface area contributed by atoms with Crippen LogP contribution in [-0.2, 0) is 6.54 Å². The van der Waals surface area contributed by atoms with E-state index in [-0.39, 0.29) is 5.75 Å². The fourth-order valence-corrected chi connectivity index (χ4v) is 4.23. The Labute approximate surface area is 177 Å². The monoisotopic (exact) mass is 426 g/mol. The van der Waals surface area contributed by atoms with Gasteiger partial charge in [-0.05, 0) is 53.4 Å². The number of halogens is 2. The second-order valence-corrected chi connectivity index (χ2v) is 7.79. The predicted molar refractivity (Wildman–Crippen MR) is 117 cm³/mol. The third kappa shape index (κ3) is 5.08. The highest BCUT2D eigenvalue weighted by molar-refractivity contribution is 8.06. The largest absolute Gasteiger partial charge is 0.435 e. The Bertz CT molecular complexity index is 1010. The van der Waals surface area contributed by atoms with Gasteiger partial charge in [0.2, 0.25) is 0 Å². The maximum absolute atomic E-state index is 12.4. The molecule has 0 bridgehead atoms. The molecule has 0 spiro atoms. The Morgan fingerprint density at radius 1 is 1.07 bits per heavy atom. The summed E-state index contributed by atoms with van der Waals surface area (Å²) in [5.74, 6) is 0.628. The van der Waals surface area contributed by atoms with Crippen LogP contribution in [-0.4, -0.2) is 22.4 Å². The maximum atomic E-state index is 12.4. The summed E-state index contributed by atoms with van der Waals surface area (Å²) in [6.45, 7) is -1.44. The van der Waals surface area contributed by atoms with Gasteiger partial charge in [0.05, 0.1) is 11.4 Å². The number of pyridine rings is 1. The highest BCUT2D eigenvalue weighted by atomic mass is 32.2. The number of alkyl halides is 2. The molecule has 0 atom stereocenters. The first-order valence-corrected chi connectivity index (χ1v) is 10.1. The molecule has 0 fully saturated rings. The Morgan fingerprint density at radius 2 is 1.83 bits per heavy atom. The van der Waals surface area contributed by atoms with E-state index in [4.69, 9.17) is 5.73 Å². The molecule has 0 aliphatic carbocycles. The standard InChI is InChI=1S/C22H20F2N4OS/c23-22(24)29-18-9-7-17(8-10-18)27-19-14-28(13-15-6-11-20(25)26-12-15)30-21(19)16-4-2-1-3-5-16/h1-12,22,27H,13-14H2,(H2,25,26). The number of hydrogen-bond donors (Lipinski definition) is 2. The molecule has 2 heterocycles. The zero-order chi connectivity index (χ0) is 20.9. The minimum Gasteiger partial charge on any atom is -0.435 e. The van der Waals surface area contributed by atoms with Crippen molar-refractivity contribution in [3.05, 3.63) is 89.8 Å². The summed E-state index contributed by atoms with van der Waals surface area (Å²) in [5.41, 5.74) is 9.70. The van der Waals surface area contributed by atoms with E-state index in [0.29, 0.717) is 18.9 Å². The summed E-state index contributed by atoms with van der Waals surface area (Å²) in [4.78, 5) is 5.28. The Morgan fingerprint density at radius 3 is 2.50 bits per heavy atom. The number of nitrogens with two attached hydrogens (primary N) is 1. The Hall–Kier alpha value is -3.10. The molecule has 0 unspecified atom stereocenters. The third-order valence-corrected chi connectivity index (χ3v) is 5.63. The van der Waals surface area contributed by atoms with Crippen molar-refractivity contribution < 1.29 is 13.5 Å². The number of hydrogen-bond acceptors (Lipinski definition) is 6. The first-order valence-electron chi connectivity index (χ1n) is 9.30. The van der Waals surface area contributed by atoms with Crippen LogP contribution < -0.4 is 15.8 Å². The highest BCUT2D eigenvalue weighted by Crippen LogP contribution is 2.41. The van der Waals surface area contributed by atoms with Crippen LogP contribution in [0.3, 0.4) is 0 Å². The van der Waals surface area contributed by atoms with Crippen LogP contribution in [0.5, 0.6) is 5.75 Å². The van der Waals surface area contributed by atoms with Crippen LogP contribution in [0, 0.1) is 0 Å². The van der Waals surface area contributed by atoms with Gasteiger partial charge in [-0.2, -0.15) is 8.78 Å². The van der Waals surface area contributed by atoms with Crippen LogP contribution >= 0.6 is 11.9 Å². The summed E-state index contributed by atoms with van der Waals surface area (Å²) >= 11 is 1.67. The minimum atomic E-state index is -2.83. The molecule has 0 saturated heterocycles. The molecule has 30 heavy (non-hydrogen) atoms. The van der Waals surface area contributed by atoms with Gasteiger partial charge in [-0.25, -0.2) is 9.29 Å². The number of aromatic nitrogens is 1. The van der Waals surface area contributed by atoms with E-state index in [0.717, 1.165) is 27.4 Å². The van der Waals surface area contributed by atoms with Crippen LogP contribution in [0.25, 0.3) is 4.91 Å². The molecule has 1 aliphatic heterocycles. The van der Waals surface area contributed by atoms with E-state index in [1.807, 2.05) is 24.3 Å². The second kappa shape index (κ2) is 9.15. The van der Waals surface area contributed by atoms with Gasteiger partial charge in [0.15, 0.2) is 0 Å². The lowest BCUT2D eigenvalue weighted by Gasteiger charge is -2.15. The lowest BCUT2D eigenvalue weighted by Crippen LogP contribution is -2.16. The van der Waals surface area contributed by atoms with Gasteiger partial charge in [0, 0.05) is 24.1 Å². The molecule has 3 aromatic rings. The van der Waals surface area contributed by atoms with Gasteiger partial charge in [-0.1, -0.05) is 36.4 Å². The number of nitrogens with zero attached hydrogens (tertiary/aromatic N) is 2. The van der Waals surface area contributed by atoms with Crippen molar-refractivity contribution in [2.24, 2.45) is 0 Å². The second-order valence-electron chi connectivity index (χ2n) is 6.68. The Kier molecular flexibility index (Phi) is 6.15. The fourth-order valence-electron chi connectivity index (χ4n) is 3.09. The fraction of sp³-hybridized carbons (Fsp3) is 0.136. The quantitative estimate of drug-likeness (QED) is 0.506. The van der Waals surface area contributed by atoms with E-state index in [9.17, 15) is 8.78 Å². The molecule has 0 saturated carbocycles. The number of ether oxygens (including phenoxy) is 1. The average molecular weight is 426 g/mol. The number of nitrogen functional groups attached to an aromatic ring is 1. The molecule has 4 rings (SSSR count). The normalized spacial score (nSPS) is 14.4. The molecule has 1 aromatic heterocycles. The predicted octanol–water partition coefficient (Wildman–Crippen LogP) is 5.21. The number of nitrogens with one attached hydrogen (secondary N) is 1. The lowest BCUT2D eigenvalue weighted by molar-refractivity contribution is -0.0498. The first-order chi connectivity index (χ1) is 14.6. The van der Waals surface area contributed by atoms with Gasteiger partial charge < -0.3 is 15.8 Å². The first kappa shape index (κ1) is 20.2. The molecule has 2 aromatic carbocycles. The SMILES string of the molecule is Nc1ccc(CN2CC(Nc3ccc(OC(F)F)cc3)=C(c3ccccc3)S2)cn1. The summed E-state index contributed by atoms with van der Waals surface area (Å²) in [7, 11) is 0. The average Bonchev–Trinajstić information content (AvgIpc) is 3.13. The number of rotatable bonds is 7. The zero-order valence-electron chi connectivity index (χ0n) is 16.0. The molecule has 3 N–H and O–H groups in total. The molecular formula is C22H20F2N4OS. The van der Waals surface area contributed by atoms with Crippen molar-refractivity contribution in [2.75, 3.05) is 17.6 Å². The van der Waals surface area contributed by atoms with E-state index < -0.39 is 6.61 Å². The van der Waals surface area contributed by atoms with E-state index in [1.54, 1.807) is 36.3 Å². The zero-order valence-corrected chi connectivity index (χ0v) is 16.8. The molecule has 1 aliphatic rings. The lowest BCUT2D eigenvalue weighted by atomic mass is 10.1. The van der Waals surface area contributed by atoms with E-state index >= 15 is 0 Å². The van der Waals surface area contributed by atoms with E-state index in [2.05, 4.69) is 31.5 Å². The van der Waals surface area contributed by atoms with Gasteiger partial charge in [0.1, 0.15) is 11.6 Å². The van der Waals surface area contributed by atoms with Crippen molar-refractivity contribution in [3.63, 3.8) is 0 Å². The maximum Gasteiger partial charge on any atom is 0.387 e. The van der Waals surface area contributed by atoms with Crippen LogP contribution in [0.4, 0.5) is 20.3 Å². The third-order valence-electron chi connectivity index (χ3n) is 4.45. The minimum absolute atomic E-state index is 0.131. The molecule has 5 nitrogen and oxygen atoms in total. The van der Waals surface area contributed by atoms with Gasteiger partial charge in [0.25, 0.3) is 0 Å². The number of benzene rings is 2. The summed E-state index contributed by atoms with van der Waals surface area (Å²) in [5, 5.41) is 3.43. The highest BCUT2D eigenvalue weighted by Gasteiger charge is 2.25. The summed E-state index contributed by atoms with van der Waals surface area (Å²) < 4.78 is 31.4. The Balaban J connectivity index is 1.53. The number of anilines is 2. The van der Waals surface area contributed by atoms with Crippen LogP contribution in [0.15, 0.2) is 78.6 Å². The summed E-state index contributed by atoms with van der Waals surface area (Å²) in [6.07, 6.45) is 1.78. The molecule has 154 valence electrons. The van der Waals surface area contributed by atoms with Crippen molar-refractivity contribution in [1.29, 1.82) is 0 Å². The molecule has 0 amide bonds.